The van der Waals surface area contributed by atoms with Crippen LogP contribution in [0.1, 0.15) is 24.8 Å². The Hall–Kier alpha value is -1.92. The fraction of sp³-hybridized carbons (Fsp3) is 0.538. The second-order valence-corrected chi connectivity index (χ2v) is 9.79. The van der Waals surface area contributed by atoms with Gasteiger partial charge in [-0.15, -0.1) is 0 Å². The summed E-state index contributed by atoms with van der Waals surface area (Å²) in [5.74, 6) is 2.00. The van der Waals surface area contributed by atoms with Crippen LogP contribution in [0.5, 0.6) is 5.75 Å². The second kappa shape index (κ2) is 8.91. The van der Waals surface area contributed by atoms with Gasteiger partial charge in [-0.3, -0.25) is 0 Å². The molecule has 5 heteroatoms. The zero-order chi connectivity index (χ0) is 21.4. The van der Waals surface area contributed by atoms with Crippen molar-refractivity contribution in [2.45, 2.75) is 31.5 Å². The Morgan fingerprint density at radius 1 is 1.06 bits per heavy atom. The normalized spacial score (nSPS) is 28.0. The lowest BCUT2D eigenvalue weighted by atomic mass is 9.97. The van der Waals surface area contributed by atoms with E-state index >= 15 is 0 Å². The number of likely N-dealkylation sites (tertiary alicyclic amines) is 1. The van der Waals surface area contributed by atoms with Crippen molar-refractivity contribution in [1.82, 2.24) is 9.80 Å². The number of likely N-dealkylation sites (N-methyl/N-ethyl adjacent to an activating group) is 1. The van der Waals surface area contributed by atoms with Gasteiger partial charge in [0.05, 0.1) is 6.10 Å². The molecule has 0 spiro atoms. The van der Waals surface area contributed by atoms with Gasteiger partial charge in [-0.25, -0.2) is 0 Å². The van der Waals surface area contributed by atoms with E-state index in [4.69, 9.17) is 4.74 Å². The van der Waals surface area contributed by atoms with Crippen molar-refractivity contribution in [2.75, 3.05) is 46.4 Å². The van der Waals surface area contributed by atoms with Crippen LogP contribution in [0.3, 0.4) is 0 Å². The molecule has 0 bridgehead atoms. The summed E-state index contributed by atoms with van der Waals surface area (Å²) in [6.45, 7) is 5.05. The van der Waals surface area contributed by atoms with E-state index < -0.39 is 6.10 Å². The molecule has 2 fully saturated rings. The fourth-order valence-corrected chi connectivity index (χ4v) is 5.60. The molecule has 3 aliphatic rings. The van der Waals surface area contributed by atoms with E-state index in [0.29, 0.717) is 25.0 Å². The van der Waals surface area contributed by atoms with E-state index in [1.807, 2.05) is 6.07 Å². The summed E-state index contributed by atoms with van der Waals surface area (Å²) in [5, 5.41) is 22.6. The van der Waals surface area contributed by atoms with Gasteiger partial charge >= 0.3 is 0 Å². The number of nitrogens with zero attached hydrogens (tertiary/aromatic N) is 2. The molecule has 2 aromatic carbocycles. The summed E-state index contributed by atoms with van der Waals surface area (Å²) >= 11 is 0. The Morgan fingerprint density at radius 2 is 1.81 bits per heavy atom. The molecule has 0 aromatic heterocycles. The number of ether oxygens (including phenoxy) is 1. The van der Waals surface area contributed by atoms with Crippen LogP contribution >= 0.6 is 0 Å². The molecule has 31 heavy (non-hydrogen) atoms. The second-order valence-electron chi connectivity index (χ2n) is 9.79. The maximum absolute atomic E-state index is 10.5. The van der Waals surface area contributed by atoms with Gasteiger partial charge in [0.2, 0.25) is 0 Å². The first-order valence-electron chi connectivity index (χ1n) is 11.7. The predicted molar refractivity (Wildman–Crippen MR) is 124 cm³/mol. The van der Waals surface area contributed by atoms with Crippen LogP contribution in [0.15, 0.2) is 42.5 Å². The number of rotatable bonds is 6. The first kappa shape index (κ1) is 21.0. The molecule has 1 aliphatic carbocycles. The van der Waals surface area contributed by atoms with Gasteiger partial charge < -0.3 is 24.7 Å². The molecule has 1 saturated carbocycles. The third kappa shape index (κ3) is 4.80. The number of aliphatic hydroxyl groups excluding tert-OH is 2. The standard InChI is InChI=1S/C26H34N2O3/c1-27-8-6-18(7-9-27)19-2-3-21-13-26(5-4-20(21)10-19)31-17-25(30)16-28-14-22-11-24(29)12-23(22)15-28/h2-6,10,13,22-25,29-30H,7-9,11-12,14-17H2,1H3/t22-,23+,24?,25?. The molecule has 4 atom stereocenters. The Balaban J connectivity index is 1.16. The van der Waals surface area contributed by atoms with Crippen LogP contribution < -0.4 is 4.74 Å². The number of aliphatic hydroxyl groups is 2. The average molecular weight is 423 g/mol. The summed E-state index contributed by atoms with van der Waals surface area (Å²) in [4.78, 5) is 4.66. The zero-order valence-corrected chi connectivity index (χ0v) is 18.4. The molecule has 5 nitrogen and oxygen atoms in total. The summed E-state index contributed by atoms with van der Waals surface area (Å²) < 4.78 is 5.92. The molecule has 5 rings (SSSR count). The van der Waals surface area contributed by atoms with E-state index in [1.165, 1.54) is 16.5 Å². The van der Waals surface area contributed by atoms with Gasteiger partial charge in [-0.05, 0) is 78.3 Å². The van der Waals surface area contributed by atoms with Crippen LogP contribution in [0.4, 0.5) is 0 Å². The highest BCUT2D eigenvalue weighted by Gasteiger charge is 2.40. The number of β-amino-alcohol motifs (C(OH)–C–C–N with tert-alkyl or cyclic N) is 1. The van der Waals surface area contributed by atoms with Crippen molar-refractivity contribution in [1.29, 1.82) is 0 Å². The largest absolute Gasteiger partial charge is 0.491 e. The van der Waals surface area contributed by atoms with Crippen molar-refractivity contribution >= 4 is 16.3 Å². The van der Waals surface area contributed by atoms with E-state index in [1.54, 1.807) is 0 Å². The third-order valence-corrected chi connectivity index (χ3v) is 7.31. The Bertz CT molecular complexity index is 945. The van der Waals surface area contributed by atoms with Crippen molar-refractivity contribution in [3.63, 3.8) is 0 Å². The first-order valence-corrected chi connectivity index (χ1v) is 11.7. The van der Waals surface area contributed by atoms with Gasteiger partial charge in [0.15, 0.2) is 0 Å². The average Bonchev–Trinajstić information content (AvgIpc) is 3.28. The van der Waals surface area contributed by atoms with Crippen LogP contribution in [0.2, 0.25) is 0 Å². The highest BCUT2D eigenvalue weighted by molar-refractivity contribution is 5.87. The Kier molecular flexibility index (Phi) is 6.02. The van der Waals surface area contributed by atoms with Crippen LogP contribution in [0, 0.1) is 11.8 Å². The Morgan fingerprint density at radius 3 is 2.55 bits per heavy atom. The van der Waals surface area contributed by atoms with Crippen molar-refractivity contribution in [2.24, 2.45) is 11.8 Å². The van der Waals surface area contributed by atoms with Gasteiger partial charge in [-0.1, -0.05) is 24.3 Å². The highest BCUT2D eigenvalue weighted by atomic mass is 16.5. The molecule has 2 N–H and O–H groups in total. The molecule has 2 unspecified atom stereocenters. The fourth-order valence-electron chi connectivity index (χ4n) is 5.60. The maximum atomic E-state index is 10.5. The smallest absolute Gasteiger partial charge is 0.120 e. The minimum Gasteiger partial charge on any atom is -0.491 e. The predicted octanol–water partition coefficient (Wildman–Crippen LogP) is 3.00. The molecule has 166 valence electrons. The Labute approximate surface area is 184 Å². The van der Waals surface area contributed by atoms with E-state index in [9.17, 15) is 10.2 Å². The SMILES string of the molecule is CN1CC=C(c2ccc3cc(OCC(O)CN4C[C@H]5CC(O)C[C@H]5C4)ccc3c2)CC1. The molecule has 2 heterocycles. The van der Waals surface area contributed by atoms with Crippen LogP contribution in [-0.2, 0) is 0 Å². The number of fused-ring (bicyclic) bond motifs is 2. The summed E-state index contributed by atoms with van der Waals surface area (Å²) in [7, 11) is 2.16. The number of benzene rings is 2. The molecule has 1 saturated heterocycles. The van der Waals surface area contributed by atoms with Gasteiger partial charge in [0, 0.05) is 32.7 Å². The minimum atomic E-state index is -0.502. The van der Waals surface area contributed by atoms with Crippen LogP contribution in [-0.4, -0.2) is 78.6 Å². The molecular weight excluding hydrogens is 388 g/mol. The van der Waals surface area contributed by atoms with Gasteiger partial charge in [0.25, 0.3) is 0 Å². The topological polar surface area (TPSA) is 56.2 Å². The molecule has 0 radical (unpaired) electrons. The van der Waals surface area contributed by atoms with Crippen molar-refractivity contribution < 1.29 is 14.9 Å². The molecule has 0 amide bonds. The van der Waals surface area contributed by atoms with Crippen LogP contribution in [0.25, 0.3) is 16.3 Å². The zero-order valence-electron chi connectivity index (χ0n) is 18.4. The molecule has 2 aromatic rings. The van der Waals surface area contributed by atoms with Gasteiger partial charge in [0.1, 0.15) is 18.5 Å². The van der Waals surface area contributed by atoms with Crippen molar-refractivity contribution in [3.05, 3.63) is 48.0 Å². The minimum absolute atomic E-state index is 0.115. The maximum Gasteiger partial charge on any atom is 0.120 e. The van der Waals surface area contributed by atoms with Crippen molar-refractivity contribution in [3.8, 4) is 5.75 Å². The van der Waals surface area contributed by atoms with Gasteiger partial charge in [-0.2, -0.15) is 0 Å². The lowest BCUT2D eigenvalue weighted by Gasteiger charge is -2.22. The monoisotopic (exact) mass is 422 g/mol. The number of hydrogen-bond donors (Lipinski definition) is 2. The summed E-state index contributed by atoms with van der Waals surface area (Å²) in [5.41, 5.74) is 2.75. The highest BCUT2D eigenvalue weighted by Crippen LogP contribution is 2.38. The quantitative estimate of drug-likeness (QED) is 0.750. The van der Waals surface area contributed by atoms with E-state index in [-0.39, 0.29) is 6.10 Å². The molecular formula is C26H34N2O3. The lowest BCUT2D eigenvalue weighted by Crippen LogP contribution is -2.35. The molecule has 2 aliphatic heterocycles. The third-order valence-electron chi connectivity index (χ3n) is 7.31. The summed E-state index contributed by atoms with van der Waals surface area (Å²) in [6.07, 6.45) is 4.65. The lowest BCUT2D eigenvalue weighted by molar-refractivity contribution is 0.0708. The first-order chi connectivity index (χ1) is 15.0. The summed E-state index contributed by atoms with van der Waals surface area (Å²) in [6, 6.07) is 12.8. The number of hydrogen-bond acceptors (Lipinski definition) is 5. The van der Waals surface area contributed by atoms with E-state index in [0.717, 1.165) is 56.6 Å². The van der Waals surface area contributed by atoms with E-state index in [2.05, 4.69) is 53.3 Å².